The van der Waals surface area contributed by atoms with Crippen LogP contribution in [-0.4, -0.2) is 44.3 Å². The summed E-state index contributed by atoms with van der Waals surface area (Å²) in [5.74, 6) is -0.443. The molecule has 0 fully saturated rings. The summed E-state index contributed by atoms with van der Waals surface area (Å²) in [4.78, 5) is 29.1. The number of para-hydroxylation sites is 1. The second-order valence-electron chi connectivity index (χ2n) is 10.4. The lowest BCUT2D eigenvalue weighted by atomic mass is 10.1. The molecule has 0 aliphatic carbocycles. The Bertz CT molecular complexity index is 1390. The Hall–Kier alpha value is -3.65. The number of nitrogens with zero attached hydrogens (tertiary/aromatic N) is 2. The fraction of sp³-hybridized carbons (Fsp3) is 0.375. The molecule has 0 heterocycles. The number of carbonyl (C=O) groups excluding carboxylic acids is 2. The summed E-state index contributed by atoms with van der Waals surface area (Å²) >= 11 is 0. The third-order valence-electron chi connectivity index (χ3n) is 6.76. The topological polar surface area (TPSA) is 86.8 Å². The highest BCUT2D eigenvalue weighted by Gasteiger charge is 2.34. The molecule has 1 atom stereocenters. The average molecular weight is 564 g/mol. The Morgan fingerprint density at radius 1 is 0.900 bits per heavy atom. The summed E-state index contributed by atoms with van der Waals surface area (Å²) in [5.41, 5.74) is 3.17. The summed E-state index contributed by atoms with van der Waals surface area (Å²) in [7, 11) is -4.08. The number of anilines is 1. The molecule has 7 nitrogen and oxygen atoms in total. The molecule has 214 valence electrons. The van der Waals surface area contributed by atoms with Crippen molar-refractivity contribution in [1.82, 2.24) is 10.2 Å². The highest BCUT2D eigenvalue weighted by Crippen LogP contribution is 2.28. The lowest BCUT2D eigenvalue weighted by molar-refractivity contribution is -0.140. The third kappa shape index (κ3) is 7.72. The largest absolute Gasteiger partial charge is 0.354 e. The van der Waals surface area contributed by atoms with Crippen molar-refractivity contribution in [2.24, 2.45) is 5.92 Å². The fourth-order valence-electron chi connectivity index (χ4n) is 4.64. The Morgan fingerprint density at radius 2 is 1.57 bits per heavy atom. The van der Waals surface area contributed by atoms with Gasteiger partial charge in [0.15, 0.2) is 0 Å². The van der Waals surface area contributed by atoms with Gasteiger partial charge in [-0.3, -0.25) is 13.9 Å². The minimum atomic E-state index is -4.08. The van der Waals surface area contributed by atoms with E-state index in [2.05, 4.69) is 5.32 Å². The number of hydrogen-bond acceptors (Lipinski definition) is 4. The maximum absolute atomic E-state index is 14.2. The van der Waals surface area contributed by atoms with Gasteiger partial charge in [-0.15, -0.1) is 0 Å². The van der Waals surface area contributed by atoms with E-state index in [9.17, 15) is 18.0 Å². The molecule has 3 aromatic rings. The van der Waals surface area contributed by atoms with Gasteiger partial charge in [0, 0.05) is 13.1 Å². The molecule has 0 saturated carbocycles. The van der Waals surface area contributed by atoms with Gasteiger partial charge in [-0.1, -0.05) is 93.9 Å². The minimum absolute atomic E-state index is 0.0978. The Morgan fingerprint density at radius 3 is 2.20 bits per heavy atom. The van der Waals surface area contributed by atoms with Crippen molar-refractivity contribution in [3.63, 3.8) is 0 Å². The van der Waals surface area contributed by atoms with E-state index in [-0.39, 0.29) is 23.3 Å². The van der Waals surface area contributed by atoms with Gasteiger partial charge in [0.05, 0.1) is 10.6 Å². The standard InChI is InChI=1S/C32H41N3O4S/c1-6-27-16-11-12-19-30(27)35(40(38,39)28-17-9-8-10-18-28)23-31(36)34(22-26-15-13-14-25(5)20-26)29(7-2)32(37)33-21-24(3)4/h8-20,24,29H,6-7,21-23H2,1-5H3,(H,33,37). The lowest BCUT2D eigenvalue weighted by Crippen LogP contribution is -2.52. The van der Waals surface area contributed by atoms with Gasteiger partial charge in [-0.05, 0) is 55.0 Å². The number of sulfonamides is 1. The van der Waals surface area contributed by atoms with Crippen LogP contribution < -0.4 is 9.62 Å². The SMILES string of the molecule is CCc1ccccc1N(CC(=O)N(Cc1cccc(C)c1)C(CC)C(=O)NCC(C)C)S(=O)(=O)c1ccccc1. The average Bonchev–Trinajstić information content (AvgIpc) is 2.95. The number of rotatable bonds is 13. The van der Waals surface area contributed by atoms with Crippen molar-refractivity contribution in [2.45, 2.75) is 64.9 Å². The van der Waals surface area contributed by atoms with E-state index in [1.165, 1.54) is 21.3 Å². The third-order valence-corrected chi connectivity index (χ3v) is 8.53. The first-order chi connectivity index (χ1) is 19.1. The summed E-state index contributed by atoms with van der Waals surface area (Å²) < 4.78 is 29.2. The van der Waals surface area contributed by atoms with Crippen LogP contribution in [0.1, 0.15) is 50.8 Å². The molecule has 0 aromatic heterocycles. The highest BCUT2D eigenvalue weighted by atomic mass is 32.2. The molecular weight excluding hydrogens is 522 g/mol. The first-order valence-corrected chi connectivity index (χ1v) is 15.3. The molecule has 0 radical (unpaired) electrons. The zero-order valence-electron chi connectivity index (χ0n) is 24.1. The van der Waals surface area contributed by atoms with E-state index in [4.69, 9.17) is 0 Å². The number of aryl methyl sites for hydroxylation is 2. The highest BCUT2D eigenvalue weighted by molar-refractivity contribution is 7.92. The van der Waals surface area contributed by atoms with E-state index >= 15 is 0 Å². The number of amides is 2. The van der Waals surface area contributed by atoms with Crippen molar-refractivity contribution in [3.8, 4) is 0 Å². The quantitative estimate of drug-likeness (QED) is 0.305. The van der Waals surface area contributed by atoms with Crippen molar-refractivity contribution in [3.05, 3.63) is 95.6 Å². The number of benzene rings is 3. The molecule has 1 unspecified atom stereocenters. The summed E-state index contributed by atoms with van der Waals surface area (Å²) in [6.45, 7) is 10.0. The molecule has 0 aliphatic heterocycles. The van der Waals surface area contributed by atoms with Gasteiger partial charge in [-0.25, -0.2) is 8.42 Å². The molecule has 1 N–H and O–H groups in total. The summed E-state index contributed by atoms with van der Waals surface area (Å²) in [6.07, 6.45) is 0.978. The number of hydrogen-bond donors (Lipinski definition) is 1. The maximum atomic E-state index is 14.2. The Balaban J connectivity index is 2.07. The van der Waals surface area contributed by atoms with Crippen LogP contribution in [0.4, 0.5) is 5.69 Å². The number of carbonyl (C=O) groups is 2. The van der Waals surface area contributed by atoms with Crippen LogP contribution in [-0.2, 0) is 32.6 Å². The van der Waals surface area contributed by atoms with Gasteiger partial charge in [0.2, 0.25) is 11.8 Å². The van der Waals surface area contributed by atoms with Crippen LogP contribution in [0.2, 0.25) is 0 Å². The predicted molar refractivity (Wildman–Crippen MR) is 160 cm³/mol. The van der Waals surface area contributed by atoms with E-state index < -0.39 is 28.5 Å². The smallest absolute Gasteiger partial charge is 0.264 e. The van der Waals surface area contributed by atoms with Crippen LogP contribution in [0, 0.1) is 12.8 Å². The second kappa shape index (κ2) is 14.1. The molecule has 0 bridgehead atoms. The van der Waals surface area contributed by atoms with Gasteiger partial charge >= 0.3 is 0 Å². The minimum Gasteiger partial charge on any atom is -0.354 e. The second-order valence-corrected chi connectivity index (χ2v) is 12.2. The molecule has 0 saturated heterocycles. The molecule has 3 rings (SSSR count). The van der Waals surface area contributed by atoms with Crippen molar-refractivity contribution < 1.29 is 18.0 Å². The van der Waals surface area contributed by atoms with Gasteiger partial charge in [0.1, 0.15) is 12.6 Å². The normalized spacial score (nSPS) is 12.2. The van der Waals surface area contributed by atoms with Crippen LogP contribution in [0.3, 0.4) is 0 Å². The lowest BCUT2D eigenvalue weighted by Gasteiger charge is -2.34. The first kappa shape index (κ1) is 30.9. The predicted octanol–water partition coefficient (Wildman–Crippen LogP) is 5.33. The van der Waals surface area contributed by atoms with E-state index in [1.807, 2.05) is 71.0 Å². The Labute approximate surface area is 239 Å². The van der Waals surface area contributed by atoms with Crippen LogP contribution >= 0.6 is 0 Å². The number of nitrogens with one attached hydrogen (secondary N) is 1. The molecule has 3 aromatic carbocycles. The van der Waals surface area contributed by atoms with E-state index in [1.54, 1.807) is 30.3 Å². The van der Waals surface area contributed by atoms with Crippen molar-refractivity contribution in [1.29, 1.82) is 0 Å². The summed E-state index contributed by atoms with van der Waals surface area (Å²) in [6, 6.07) is 22.4. The van der Waals surface area contributed by atoms with Crippen molar-refractivity contribution >= 4 is 27.5 Å². The van der Waals surface area contributed by atoms with E-state index in [0.29, 0.717) is 25.1 Å². The van der Waals surface area contributed by atoms with Crippen LogP contribution in [0.25, 0.3) is 0 Å². The molecule has 40 heavy (non-hydrogen) atoms. The van der Waals surface area contributed by atoms with Crippen LogP contribution in [0.15, 0.2) is 83.8 Å². The molecular formula is C32H41N3O4S. The zero-order chi connectivity index (χ0) is 29.3. The monoisotopic (exact) mass is 563 g/mol. The molecule has 0 aliphatic rings. The molecule has 0 spiro atoms. The Kier molecular flexibility index (Phi) is 10.9. The van der Waals surface area contributed by atoms with Gasteiger partial charge in [-0.2, -0.15) is 0 Å². The van der Waals surface area contributed by atoms with Gasteiger partial charge in [0.25, 0.3) is 10.0 Å². The summed E-state index contributed by atoms with van der Waals surface area (Å²) in [5, 5.41) is 2.96. The molecule has 2 amide bonds. The van der Waals surface area contributed by atoms with E-state index in [0.717, 1.165) is 16.7 Å². The molecule has 8 heteroatoms. The fourth-order valence-corrected chi connectivity index (χ4v) is 6.11. The first-order valence-electron chi connectivity index (χ1n) is 13.9. The van der Waals surface area contributed by atoms with Crippen molar-refractivity contribution in [2.75, 3.05) is 17.4 Å². The van der Waals surface area contributed by atoms with Crippen LogP contribution in [0.5, 0.6) is 0 Å². The maximum Gasteiger partial charge on any atom is 0.264 e. The zero-order valence-corrected chi connectivity index (χ0v) is 24.9. The van der Waals surface area contributed by atoms with Gasteiger partial charge < -0.3 is 10.2 Å².